The Morgan fingerprint density at radius 2 is 2.24 bits per heavy atom. The molecule has 0 bridgehead atoms. The highest BCUT2D eigenvalue weighted by Gasteiger charge is 2.10. The standard InChI is InChI=1S/C14H16N2O/c1-9-10(2)17-13-4-3-11(7-12(9)13)8-14-15-5-6-16-14/h3-4,7H,5-6,8H2,1-2H3,(H,15,16). The Kier molecular flexibility index (Phi) is 2.39. The van der Waals surface area contributed by atoms with Gasteiger partial charge in [0.2, 0.25) is 0 Å². The van der Waals surface area contributed by atoms with Crippen molar-refractivity contribution in [1.29, 1.82) is 0 Å². The fourth-order valence-corrected chi connectivity index (χ4v) is 2.26. The number of aliphatic imine (C=N–C) groups is 1. The molecule has 1 aromatic heterocycles. The molecule has 2 aromatic rings. The van der Waals surface area contributed by atoms with Gasteiger partial charge < -0.3 is 9.73 Å². The summed E-state index contributed by atoms with van der Waals surface area (Å²) in [5, 5.41) is 4.52. The molecule has 1 N–H and O–H groups in total. The number of benzene rings is 1. The molecule has 0 spiro atoms. The fraction of sp³-hybridized carbons (Fsp3) is 0.357. The largest absolute Gasteiger partial charge is 0.461 e. The Morgan fingerprint density at radius 3 is 3.00 bits per heavy atom. The molecule has 17 heavy (non-hydrogen) atoms. The first-order valence-corrected chi connectivity index (χ1v) is 6.00. The van der Waals surface area contributed by atoms with Crippen LogP contribution in [-0.2, 0) is 6.42 Å². The SMILES string of the molecule is Cc1oc2ccc(CC3=NCCN3)cc2c1C. The average molecular weight is 228 g/mol. The van der Waals surface area contributed by atoms with E-state index in [0.717, 1.165) is 36.7 Å². The summed E-state index contributed by atoms with van der Waals surface area (Å²) in [6.45, 7) is 6.00. The number of aryl methyl sites for hydroxylation is 2. The lowest BCUT2D eigenvalue weighted by Crippen LogP contribution is -2.20. The topological polar surface area (TPSA) is 37.5 Å². The molecular formula is C14H16N2O. The van der Waals surface area contributed by atoms with E-state index in [9.17, 15) is 0 Å². The number of hydrogen-bond acceptors (Lipinski definition) is 3. The number of furan rings is 1. The Labute approximate surface area is 101 Å². The highest BCUT2D eigenvalue weighted by atomic mass is 16.3. The molecule has 3 rings (SSSR count). The molecule has 0 fully saturated rings. The number of hydrogen-bond donors (Lipinski definition) is 1. The molecule has 0 radical (unpaired) electrons. The first-order valence-electron chi connectivity index (χ1n) is 6.00. The predicted molar refractivity (Wildman–Crippen MR) is 69.7 cm³/mol. The second-order valence-electron chi connectivity index (χ2n) is 4.55. The average Bonchev–Trinajstić information content (AvgIpc) is 2.91. The first-order chi connectivity index (χ1) is 8.24. The highest BCUT2D eigenvalue weighted by Crippen LogP contribution is 2.25. The number of fused-ring (bicyclic) bond motifs is 1. The van der Waals surface area contributed by atoms with Gasteiger partial charge in [-0.1, -0.05) is 6.07 Å². The molecule has 0 amide bonds. The lowest BCUT2D eigenvalue weighted by Gasteiger charge is -2.02. The second kappa shape index (κ2) is 3.91. The molecule has 0 saturated carbocycles. The third kappa shape index (κ3) is 1.82. The van der Waals surface area contributed by atoms with Crippen molar-refractivity contribution in [2.75, 3.05) is 13.1 Å². The van der Waals surface area contributed by atoms with Gasteiger partial charge in [-0.05, 0) is 37.1 Å². The van der Waals surface area contributed by atoms with Crippen LogP contribution in [0.1, 0.15) is 16.9 Å². The van der Waals surface area contributed by atoms with Gasteiger partial charge in [0.05, 0.1) is 6.54 Å². The molecule has 0 aliphatic carbocycles. The summed E-state index contributed by atoms with van der Waals surface area (Å²) in [5.74, 6) is 2.11. The van der Waals surface area contributed by atoms with Gasteiger partial charge in [0.15, 0.2) is 0 Å². The van der Waals surface area contributed by atoms with E-state index in [1.54, 1.807) is 0 Å². The third-order valence-corrected chi connectivity index (χ3v) is 3.35. The number of rotatable bonds is 2. The van der Waals surface area contributed by atoms with Crippen LogP contribution in [0.5, 0.6) is 0 Å². The number of amidine groups is 1. The van der Waals surface area contributed by atoms with E-state index in [1.807, 2.05) is 6.92 Å². The number of nitrogens with one attached hydrogen (secondary N) is 1. The van der Waals surface area contributed by atoms with Crippen molar-refractivity contribution in [3.8, 4) is 0 Å². The van der Waals surface area contributed by atoms with E-state index in [2.05, 4.69) is 35.4 Å². The van der Waals surface area contributed by atoms with E-state index in [0.29, 0.717) is 0 Å². The van der Waals surface area contributed by atoms with Gasteiger partial charge in [0.25, 0.3) is 0 Å². The normalized spacial score (nSPS) is 15.1. The van der Waals surface area contributed by atoms with Crippen LogP contribution in [-0.4, -0.2) is 18.9 Å². The van der Waals surface area contributed by atoms with Gasteiger partial charge >= 0.3 is 0 Å². The molecule has 3 nitrogen and oxygen atoms in total. The molecule has 1 aromatic carbocycles. The van der Waals surface area contributed by atoms with Gasteiger partial charge in [-0.2, -0.15) is 0 Å². The van der Waals surface area contributed by atoms with Gasteiger partial charge in [-0.3, -0.25) is 4.99 Å². The van der Waals surface area contributed by atoms with Gasteiger partial charge in [-0.25, -0.2) is 0 Å². The summed E-state index contributed by atoms with van der Waals surface area (Å²) in [4.78, 5) is 4.42. The maximum absolute atomic E-state index is 5.68. The van der Waals surface area contributed by atoms with Crippen LogP contribution in [0.25, 0.3) is 11.0 Å². The molecule has 88 valence electrons. The Bertz CT molecular complexity index is 596. The monoisotopic (exact) mass is 228 g/mol. The molecule has 0 saturated heterocycles. The van der Waals surface area contributed by atoms with Crippen molar-refractivity contribution in [3.63, 3.8) is 0 Å². The zero-order chi connectivity index (χ0) is 11.8. The summed E-state index contributed by atoms with van der Waals surface area (Å²) in [6.07, 6.45) is 0.888. The minimum Gasteiger partial charge on any atom is -0.461 e. The van der Waals surface area contributed by atoms with Crippen LogP contribution >= 0.6 is 0 Å². The number of nitrogens with zero attached hydrogens (tertiary/aromatic N) is 1. The van der Waals surface area contributed by atoms with Gasteiger partial charge in [0.1, 0.15) is 17.2 Å². The highest BCUT2D eigenvalue weighted by molar-refractivity contribution is 5.88. The second-order valence-corrected chi connectivity index (χ2v) is 4.55. The lowest BCUT2D eigenvalue weighted by atomic mass is 10.1. The molecule has 1 aliphatic rings. The van der Waals surface area contributed by atoms with Crippen LogP contribution in [0.4, 0.5) is 0 Å². The third-order valence-electron chi connectivity index (χ3n) is 3.35. The van der Waals surface area contributed by atoms with Crippen LogP contribution in [0.3, 0.4) is 0 Å². The van der Waals surface area contributed by atoms with Crippen molar-refractivity contribution in [2.45, 2.75) is 20.3 Å². The minimum absolute atomic E-state index is 0.888. The summed E-state index contributed by atoms with van der Waals surface area (Å²) in [5.41, 5.74) is 3.50. The van der Waals surface area contributed by atoms with E-state index in [4.69, 9.17) is 4.42 Å². The quantitative estimate of drug-likeness (QED) is 0.857. The molecule has 0 unspecified atom stereocenters. The molecule has 0 atom stereocenters. The fourth-order valence-electron chi connectivity index (χ4n) is 2.26. The maximum Gasteiger partial charge on any atom is 0.134 e. The van der Waals surface area contributed by atoms with Crippen molar-refractivity contribution in [2.24, 2.45) is 4.99 Å². The van der Waals surface area contributed by atoms with E-state index >= 15 is 0 Å². The van der Waals surface area contributed by atoms with Crippen molar-refractivity contribution < 1.29 is 4.42 Å². The van der Waals surface area contributed by atoms with E-state index in [1.165, 1.54) is 16.5 Å². The smallest absolute Gasteiger partial charge is 0.134 e. The summed E-state index contributed by atoms with van der Waals surface area (Å²) < 4.78 is 5.68. The maximum atomic E-state index is 5.68. The Morgan fingerprint density at radius 1 is 1.35 bits per heavy atom. The zero-order valence-electron chi connectivity index (χ0n) is 10.2. The van der Waals surface area contributed by atoms with Gasteiger partial charge in [0, 0.05) is 18.4 Å². The zero-order valence-corrected chi connectivity index (χ0v) is 10.2. The van der Waals surface area contributed by atoms with Crippen molar-refractivity contribution >= 4 is 16.8 Å². The predicted octanol–water partition coefficient (Wildman–Crippen LogP) is 2.59. The Hall–Kier alpha value is -1.77. The summed E-state index contributed by atoms with van der Waals surface area (Å²) >= 11 is 0. The van der Waals surface area contributed by atoms with Crippen molar-refractivity contribution in [3.05, 3.63) is 35.1 Å². The molecule has 3 heteroatoms. The molecular weight excluding hydrogens is 212 g/mol. The molecule has 1 aliphatic heterocycles. The van der Waals surface area contributed by atoms with Crippen LogP contribution in [0, 0.1) is 13.8 Å². The lowest BCUT2D eigenvalue weighted by molar-refractivity contribution is 0.575. The van der Waals surface area contributed by atoms with Gasteiger partial charge in [-0.15, -0.1) is 0 Å². The minimum atomic E-state index is 0.888. The first kappa shape index (κ1) is 10.4. The Balaban J connectivity index is 1.98. The van der Waals surface area contributed by atoms with Crippen LogP contribution < -0.4 is 5.32 Å². The van der Waals surface area contributed by atoms with Crippen LogP contribution in [0.15, 0.2) is 27.6 Å². The summed E-state index contributed by atoms with van der Waals surface area (Å²) in [6, 6.07) is 6.39. The summed E-state index contributed by atoms with van der Waals surface area (Å²) in [7, 11) is 0. The van der Waals surface area contributed by atoms with E-state index in [-0.39, 0.29) is 0 Å². The molecule has 2 heterocycles. The van der Waals surface area contributed by atoms with E-state index < -0.39 is 0 Å². The van der Waals surface area contributed by atoms with Crippen LogP contribution in [0.2, 0.25) is 0 Å². The van der Waals surface area contributed by atoms with Crippen molar-refractivity contribution in [1.82, 2.24) is 5.32 Å².